The van der Waals surface area contributed by atoms with E-state index in [-0.39, 0.29) is 0 Å². The SMILES string of the molecule is CC(NCCCc1ncc[nH]1)c1cnc2ccsc2c1. The molecule has 0 bridgehead atoms. The predicted molar refractivity (Wildman–Crippen MR) is 82.9 cm³/mol. The van der Waals surface area contributed by atoms with Gasteiger partial charge in [-0.05, 0) is 43.0 Å². The van der Waals surface area contributed by atoms with Crippen molar-refractivity contribution in [2.75, 3.05) is 6.54 Å². The second-order valence-electron chi connectivity index (χ2n) is 4.89. The van der Waals surface area contributed by atoms with E-state index in [0.717, 1.165) is 30.7 Å². The molecule has 1 atom stereocenters. The first-order valence-electron chi connectivity index (χ1n) is 6.88. The molecule has 0 spiro atoms. The smallest absolute Gasteiger partial charge is 0.106 e. The molecule has 0 saturated carbocycles. The minimum atomic E-state index is 0.325. The number of nitrogens with one attached hydrogen (secondary N) is 2. The van der Waals surface area contributed by atoms with Crippen molar-refractivity contribution in [3.8, 4) is 0 Å². The van der Waals surface area contributed by atoms with Crippen molar-refractivity contribution in [1.82, 2.24) is 20.3 Å². The second kappa shape index (κ2) is 6.15. The molecule has 5 heteroatoms. The lowest BCUT2D eigenvalue weighted by molar-refractivity contribution is 0.554. The van der Waals surface area contributed by atoms with Crippen LogP contribution in [-0.2, 0) is 6.42 Å². The molecular weight excluding hydrogens is 268 g/mol. The Balaban J connectivity index is 1.51. The summed E-state index contributed by atoms with van der Waals surface area (Å²) in [6.07, 6.45) is 7.70. The maximum atomic E-state index is 4.49. The van der Waals surface area contributed by atoms with E-state index in [1.54, 1.807) is 17.5 Å². The monoisotopic (exact) mass is 286 g/mol. The van der Waals surface area contributed by atoms with Crippen molar-refractivity contribution < 1.29 is 0 Å². The maximum absolute atomic E-state index is 4.49. The molecule has 0 fully saturated rings. The molecule has 3 aromatic heterocycles. The van der Waals surface area contributed by atoms with E-state index in [1.165, 1.54) is 10.3 Å². The molecule has 0 aromatic carbocycles. The van der Waals surface area contributed by atoms with E-state index in [1.807, 2.05) is 12.4 Å². The Hall–Kier alpha value is -1.72. The van der Waals surface area contributed by atoms with Gasteiger partial charge in [0, 0.05) is 31.1 Å². The van der Waals surface area contributed by atoms with Gasteiger partial charge >= 0.3 is 0 Å². The number of fused-ring (bicyclic) bond motifs is 1. The van der Waals surface area contributed by atoms with Gasteiger partial charge in [-0.25, -0.2) is 4.98 Å². The van der Waals surface area contributed by atoms with Gasteiger partial charge < -0.3 is 10.3 Å². The zero-order chi connectivity index (χ0) is 13.8. The lowest BCUT2D eigenvalue weighted by Gasteiger charge is -2.13. The summed E-state index contributed by atoms with van der Waals surface area (Å²) < 4.78 is 1.26. The Morgan fingerprint density at radius 1 is 1.40 bits per heavy atom. The second-order valence-corrected chi connectivity index (χ2v) is 5.84. The third-order valence-electron chi connectivity index (χ3n) is 3.42. The molecular formula is C15H18N4S. The van der Waals surface area contributed by atoms with Gasteiger partial charge in [-0.1, -0.05) is 0 Å². The number of thiophene rings is 1. The van der Waals surface area contributed by atoms with Crippen molar-refractivity contribution in [1.29, 1.82) is 0 Å². The first-order valence-corrected chi connectivity index (χ1v) is 7.75. The van der Waals surface area contributed by atoms with E-state index in [9.17, 15) is 0 Å². The maximum Gasteiger partial charge on any atom is 0.106 e. The highest BCUT2D eigenvalue weighted by atomic mass is 32.1. The summed E-state index contributed by atoms with van der Waals surface area (Å²) in [5, 5.41) is 5.63. The van der Waals surface area contributed by atoms with E-state index in [2.05, 4.69) is 44.7 Å². The zero-order valence-electron chi connectivity index (χ0n) is 11.5. The van der Waals surface area contributed by atoms with E-state index in [0.29, 0.717) is 6.04 Å². The number of hydrogen-bond acceptors (Lipinski definition) is 4. The molecule has 0 aliphatic carbocycles. The Bertz CT molecular complexity index is 659. The standard InChI is InChI=1S/C15H18N4S/c1-11(16-5-2-3-15-17-6-7-18-15)12-9-14-13(19-10-12)4-8-20-14/h4,6-11,16H,2-3,5H2,1H3,(H,17,18). The number of aryl methyl sites for hydroxylation is 1. The molecule has 104 valence electrons. The number of hydrogen-bond donors (Lipinski definition) is 2. The number of aromatic amines is 1. The summed E-state index contributed by atoms with van der Waals surface area (Å²) in [4.78, 5) is 11.8. The van der Waals surface area contributed by atoms with Gasteiger partial charge in [0.1, 0.15) is 5.82 Å². The van der Waals surface area contributed by atoms with Crippen molar-refractivity contribution in [3.63, 3.8) is 0 Å². The summed E-state index contributed by atoms with van der Waals surface area (Å²) in [5.74, 6) is 1.06. The number of imidazole rings is 1. The summed E-state index contributed by atoms with van der Waals surface area (Å²) >= 11 is 1.74. The average Bonchev–Trinajstić information content (AvgIpc) is 3.13. The Kier molecular flexibility index (Phi) is 4.08. The highest BCUT2D eigenvalue weighted by Crippen LogP contribution is 2.22. The van der Waals surface area contributed by atoms with Gasteiger partial charge in [-0.3, -0.25) is 4.98 Å². The van der Waals surface area contributed by atoms with Crippen LogP contribution in [0, 0.1) is 0 Å². The first kappa shape index (κ1) is 13.3. The van der Waals surface area contributed by atoms with Crippen LogP contribution >= 0.6 is 11.3 Å². The van der Waals surface area contributed by atoms with Crippen LogP contribution in [0.2, 0.25) is 0 Å². The van der Waals surface area contributed by atoms with Gasteiger partial charge in [-0.2, -0.15) is 0 Å². The van der Waals surface area contributed by atoms with Crippen LogP contribution in [0.4, 0.5) is 0 Å². The summed E-state index contributed by atoms with van der Waals surface area (Å²) in [5.41, 5.74) is 2.33. The highest BCUT2D eigenvalue weighted by Gasteiger charge is 2.07. The molecule has 0 amide bonds. The van der Waals surface area contributed by atoms with Crippen LogP contribution in [-0.4, -0.2) is 21.5 Å². The van der Waals surface area contributed by atoms with Crippen molar-refractivity contribution in [2.24, 2.45) is 0 Å². The van der Waals surface area contributed by atoms with Crippen LogP contribution < -0.4 is 5.32 Å². The number of aromatic nitrogens is 3. The van der Waals surface area contributed by atoms with Crippen LogP contribution in [0.5, 0.6) is 0 Å². The molecule has 0 saturated heterocycles. The fraction of sp³-hybridized carbons (Fsp3) is 0.333. The average molecular weight is 286 g/mol. The number of pyridine rings is 1. The van der Waals surface area contributed by atoms with E-state index < -0.39 is 0 Å². The Labute approximate surface area is 122 Å². The Morgan fingerprint density at radius 2 is 2.35 bits per heavy atom. The largest absolute Gasteiger partial charge is 0.349 e. The minimum Gasteiger partial charge on any atom is -0.349 e. The van der Waals surface area contributed by atoms with Crippen molar-refractivity contribution in [3.05, 3.63) is 47.5 Å². The third-order valence-corrected chi connectivity index (χ3v) is 4.27. The fourth-order valence-corrected chi connectivity index (χ4v) is 3.01. The molecule has 4 nitrogen and oxygen atoms in total. The normalized spacial score (nSPS) is 12.8. The summed E-state index contributed by atoms with van der Waals surface area (Å²) in [7, 11) is 0. The fourth-order valence-electron chi connectivity index (χ4n) is 2.23. The molecule has 3 heterocycles. The molecule has 1 unspecified atom stereocenters. The molecule has 0 radical (unpaired) electrons. The predicted octanol–water partition coefficient (Wildman–Crippen LogP) is 3.30. The van der Waals surface area contributed by atoms with E-state index in [4.69, 9.17) is 0 Å². The third kappa shape index (κ3) is 3.05. The van der Waals surface area contributed by atoms with Gasteiger partial charge in [0.05, 0.1) is 10.2 Å². The van der Waals surface area contributed by atoms with Gasteiger partial charge in [0.15, 0.2) is 0 Å². The Morgan fingerprint density at radius 3 is 3.20 bits per heavy atom. The lowest BCUT2D eigenvalue weighted by atomic mass is 10.1. The number of rotatable bonds is 6. The molecule has 0 aliphatic rings. The summed E-state index contributed by atoms with van der Waals surface area (Å²) in [6.45, 7) is 3.16. The lowest BCUT2D eigenvalue weighted by Crippen LogP contribution is -2.20. The zero-order valence-corrected chi connectivity index (χ0v) is 12.3. The summed E-state index contributed by atoms with van der Waals surface area (Å²) in [6, 6.07) is 4.62. The topological polar surface area (TPSA) is 53.6 Å². The van der Waals surface area contributed by atoms with Crippen molar-refractivity contribution >= 4 is 21.6 Å². The molecule has 3 aromatic rings. The highest BCUT2D eigenvalue weighted by molar-refractivity contribution is 7.17. The van der Waals surface area contributed by atoms with Gasteiger partial charge in [0.25, 0.3) is 0 Å². The first-order chi connectivity index (χ1) is 9.83. The number of nitrogens with zero attached hydrogens (tertiary/aromatic N) is 2. The van der Waals surface area contributed by atoms with Crippen LogP contribution in [0.25, 0.3) is 10.2 Å². The van der Waals surface area contributed by atoms with Gasteiger partial charge in [0.2, 0.25) is 0 Å². The molecule has 3 rings (SSSR count). The number of H-pyrrole nitrogens is 1. The van der Waals surface area contributed by atoms with Crippen LogP contribution in [0.1, 0.15) is 30.8 Å². The van der Waals surface area contributed by atoms with Crippen LogP contribution in [0.15, 0.2) is 36.1 Å². The molecule has 20 heavy (non-hydrogen) atoms. The van der Waals surface area contributed by atoms with Crippen LogP contribution in [0.3, 0.4) is 0 Å². The quantitative estimate of drug-likeness (QED) is 0.684. The van der Waals surface area contributed by atoms with Gasteiger partial charge in [-0.15, -0.1) is 11.3 Å². The molecule has 2 N–H and O–H groups in total. The minimum absolute atomic E-state index is 0.325. The van der Waals surface area contributed by atoms with Crippen molar-refractivity contribution in [2.45, 2.75) is 25.8 Å². The molecule has 0 aliphatic heterocycles. The van der Waals surface area contributed by atoms with E-state index >= 15 is 0 Å².